The summed E-state index contributed by atoms with van der Waals surface area (Å²) >= 11 is 0. The van der Waals surface area contributed by atoms with Gasteiger partial charge in [0, 0.05) is 35.8 Å². The summed E-state index contributed by atoms with van der Waals surface area (Å²) in [5.74, 6) is 0.0884. The van der Waals surface area contributed by atoms with Gasteiger partial charge in [-0.05, 0) is 36.8 Å². The Morgan fingerprint density at radius 1 is 1.22 bits per heavy atom. The molecule has 116 valence electrons. The highest BCUT2D eigenvalue weighted by molar-refractivity contribution is 5.98. The zero-order valence-corrected chi connectivity index (χ0v) is 12.7. The maximum absolute atomic E-state index is 12.7. The molecular weight excluding hydrogens is 288 g/mol. The van der Waals surface area contributed by atoms with Gasteiger partial charge in [0.25, 0.3) is 5.91 Å². The molecule has 1 saturated heterocycles. The number of nitrogens with one attached hydrogen (secondary N) is 2. The molecule has 3 aromatic rings. The number of aromatic nitrogens is 2. The van der Waals surface area contributed by atoms with Crippen LogP contribution in [0.4, 0.5) is 5.69 Å². The van der Waals surface area contributed by atoms with Gasteiger partial charge in [-0.2, -0.15) is 5.10 Å². The van der Waals surface area contributed by atoms with Gasteiger partial charge in [-0.25, -0.2) is 0 Å². The first kappa shape index (κ1) is 13.8. The van der Waals surface area contributed by atoms with E-state index in [1.807, 2.05) is 41.3 Å². The topological polar surface area (TPSA) is 61.0 Å². The molecule has 23 heavy (non-hydrogen) atoms. The van der Waals surface area contributed by atoms with Crippen LogP contribution in [0.2, 0.25) is 0 Å². The average Bonchev–Trinajstić information content (AvgIpc) is 3.23. The summed E-state index contributed by atoms with van der Waals surface area (Å²) in [6, 6.07) is 16.1. The Morgan fingerprint density at radius 2 is 2.09 bits per heavy atom. The number of hydrogen-bond acceptors (Lipinski definition) is 3. The highest BCUT2D eigenvalue weighted by Crippen LogP contribution is 2.20. The molecule has 0 bridgehead atoms. The lowest BCUT2D eigenvalue weighted by Crippen LogP contribution is -2.31. The predicted molar refractivity (Wildman–Crippen MR) is 90.5 cm³/mol. The van der Waals surface area contributed by atoms with Gasteiger partial charge in [-0.1, -0.05) is 18.2 Å². The molecule has 1 aliphatic rings. The number of benzene rings is 2. The predicted octanol–water partition coefficient (Wildman–Crippen LogP) is 2.89. The molecule has 0 spiro atoms. The zero-order valence-electron chi connectivity index (χ0n) is 12.7. The highest BCUT2D eigenvalue weighted by atomic mass is 16.2. The molecule has 1 aliphatic heterocycles. The van der Waals surface area contributed by atoms with Crippen LogP contribution >= 0.6 is 0 Å². The Morgan fingerprint density at radius 3 is 2.96 bits per heavy atom. The van der Waals surface area contributed by atoms with Crippen molar-refractivity contribution < 1.29 is 4.79 Å². The lowest BCUT2D eigenvalue weighted by atomic mass is 10.1. The fraction of sp³-hybridized carbons (Fsp3) is 0.222. The molecular formula is C18H18N4O. The Labute approximate surface area is 134 Å². The van der Waals surface area contributed by atoms with Crippen molar-refractivity contribution in [3.05, 3.63) is 60.3 Å². The van der Waals surface area contributed by atoms with Gasteiger partial charge in [-0.15, -0.1) is 0 Å². The molecule has 0 aliphatic carbocycles. The van der Waals surface area contributed by atoms with Crippen molar-refractivity contribution in [3.8, 4) is 0 Å². The normalized spacial score (nSPS) is 17.6. The summed E-state index contributed by atoms with van der Waals surface area (Å²) in [6.45, 7) is 1.52. The third-order valence-electron chi connectivity index (χ3n) is 4.31. The van der Waals surface area contributed by atoms with Crippen LogP contribution in [0.15, 0.2) is 54.7 Å². The molecule has 1 aromatic heterocycles. The van der Waals surface area contributed by atoms with E-state index in [0.717, 1.165) is 41.7 Å². The highest BCUT2D eigenvalue weighted by Gasteiger charge is 2.27. The quantitative estimate of drug-likeness (QED) is 0.782. The Hall–Kier alpha value is -2.82. The number of carbonyl (C=O) groups is 1. The van der Waals surface area contributed by atoms with E-state index in [9.17, 15) is 4.79 Å². The van der Waals surface area contributed by atoms with Crippen LogP contribution in [0.3, 0.4) is 0 Å². The molecule has 1 fully saturated rings. The fourth-order valence-electron chi connectivity index (χ4n) is 3.09. The van der Waals surface area contributed by atoms with Crippen LogP contribution in [0.1, 0.15) is 16.8 Å². The number of nitrogens with zero attached hydrogens (tertiary/aromatic N) is 2. The second kappa shape index (κ2) is 5.76. The summed E-state index contributed by atoms with van der Waals surface area (Å²) in [6.07, 6.45) is 2.71. The van der Waals surface area contributed by atoms with Gasteiger partial charge in [-0.3, -0.25) is 9.89 Å². The van der Waals surface area contributed by atoms with E-state index in [4.69, 9.17) is 0 Å². The number of hydrogen-bond donors (Lipinski definition) is 2. The molecule has 0 saturated carbocycles. The van der Waals surface area contributed by atoms with Crippen molar-refractivity contribution in [2.75, 3.05) is 18.4 Å². The second-order valence-corrected chi connectivity index (χ2v) is 5.92. The smallest absolute Gasteiger partial charge is 0.253 e. The van der Waals surface area contributed by atoms with Gasteiger partial charge >= 0.3 is 0 Å². The summed E-state index contributed by atoms with van der Waals surface area (Å²) in [7, 11) is 0. The number of anilines is 1. The number of H-pyrrole nitrogens is 1. The number of carbonyl (C=O) groups excluding carboxylic acids is 1. The average molecular weight is 306 g/mol. The first-order valence-electron chi connectivity index (χ1n) is 7.83. The van der Waals surface area contributed by atoms with Crippen molar-refractivity contribution >= 4 is 22.5 Å². The molecule has 2 aromatic carbocycles. The van der Waals surface area contributed by atoms with Crippen LogP contribution < -0.4 is 5.32 Å². The van der Waals surface area contributed by atoms with Crippen molar-refractivity contribution in [1.82, 2.24) is 15.1 Å². The monoisotopic (exact) mass is 306 g/mol. The number of fused-ring (bicyclic) bond motifs is 1. The summed E-state index contributed by atoms with van der Waals surface area (Å²) in [5.41, 5.74) is 2.78. The SMILES string of the molecule is O=C(c1ccc2[nH]ncc2c1)N1CCC(Nc2ccccc2)C1. The molecule has 1 atom stereocenters. The fourth-order valence-corrected chi connectivity index (χ4v) is 3.09. The summed E-state index contributed by atoms with van der Waals surface area (Å²) in [4.78, 5) is 14.6. The standard InChI is InChI=1S/C18H18N4O/c23-18(13-6-7-17-14(10-13)11-19-21-17)22-9-8-16(12-22)20-15-4-2-1-3-5-15/h1-7,10-11,16,20H,8-9,12H2,(H,19,21). The van der Waals surface area contributed by atoms with Gasteiger partial charge < -0.3 is 10.2 Å². The Kier molecular flexibility index (Phi) is 3.46. The molecule has 0 radical (unpaired) electrons. The first-order valence-corrected chi connectivity index (χ1v) is 7.83. The maximum Gasteiger partial charge on any atom is 0.253 e. The lowest BCUT2D eigenvalue weighted by Gasteiger charge is -2.18. The van der Waals surface area contributed by atoms with Crippen molar-refractivity contribution in [2.24, 2.45) is 0 Å². The minimum Gasteiger partial charge on any atom is -0.380 e. The third kappa shape index (κ3) is 2.77. The van der Waals surface area contributed by atoms with E-state index in [0.29, 0.717) is 6.04 Å². The second-order valence-electron chi connectivity index (χ2n) is 5.92. The van der Waals surface area contributed by atoms with Crippen molar-refractivity contribution in [3.63, 3.8) is 0 Å². The molecule has 1 amide bonds. The molecule has 1 unspecified atom stereocenters. The van der Waals surface area contributed by atoms with Crippen molar-refractivity contribution in [1.29, 1.82) is 0 Å². The molecule has 5 heteroatoms. The van der Waals surface area contributed by atoms with Crippen LogP contribution in [0, 0.1) is 0 Å². The Bertz CT molecular complexity index is 827. The van der Waals surface area contributed by atoms with Crippen LogP contribution in [-0.4, -0.2) is 40.1 Å². The summed E-state index contributed by atoms with van der Waals surface area (Å²) < 4.78 is 0. The largest absolute Gasteiger partial charge is 0.380 e. The van der Waals surface area contributed by atoms with Gasteiger partial charge in [0.15, 0.2) is 0 Å². The van der Waals surface area contributed by atoms with E-state index in [-0.39, 0.29) is 5.91 Å². The molecule has 2 N–H and O–H groups in total. The Balaban J connectivity index is 1.45. The zero-order chi connectivity index (χ0) is 15.6. The van der Waals surface area contributed by atoms with E-state index in [1.165, 1.54) is 0 Å². The van der Waals surface area contributed by atoms with E-state index >= 15 is 0 Å². The third-order valence-corrected chi connectivity index (χ3v) is 4.31. The van der Waals surface area contributed by atoms with Crippen molar-refractivity contribution in [2.45, 2.75) is 12.5 Å². The minimum atomic E-state index is 0.0884. The van der Waals surface area contributed by atoms with Crippen LogP contribution in [0.5, 0.6) is 0 Å². The van der Waals surface area contributed by atoms with E-state index in [2.05, 4.69) is 27.6 Å². The van der Waals surface area contributed by atoms with E-state index < -0.39 is 0 Å². The maximum atomic E-state index is 12.7. The number of para-hydroxylation sites is 1. The summed E-state index contributed by atoms with van der Waals surface area (Å²) in [5, 5.41) is 11.4. The number of rotatable bonds is 3. The molecule has 5 nitrogen and oxygen atoms in total. The lowest BCUT2D eigenvalue weighted by molar-refractivity contribution is 0.0792. The van der Waals surface area contributed by atoms with Gasteiger partial charge in [0.1, 0.15) is 0 Å². The number of likely N-dealkylation sites (tertiary alicyclic amines) is 1. The minimum absolute atomic E-state index is 0.0884. The van der Waals surface area contributed by atoms with Crippen LogP contribution in [0.25, 0.3) is 10.9 Å². The number of amides is 1. The van der Waals surface area contributed by atoms with Gasteiger partial charge in [0.2, 0.25) is 0 Å². The molecule has 4 rings (SSSR count). The molecule has 2 heterocycles. The van der Waals surface area contributed by atoms with Gasteiger partial charge in [0.05, 0.1) is 11.7 Å². The first-order chi connectivity index (χ1) is 11.3. The number of aromatic amines is 1. The van der Waals surface area contributed by atoms with E-state index in [1.54, 1.807) is 6.20 Å². The van der Waals surface area contributed by atoms with Crippen LogP contribution in [-0.2, 0) is 0 Å².